The fourth-order valence-electron chi connectivity index (χ4n) is 2.62. The molecule has 29 heavy (non-hydrogen) atoms. The van der Waals surface area contributed by atoms with Crippen LogP contribution in [-0.4, -0.2) is 22.5 Å². The molecule has 0 aliphatic rings. The number of rotatable bonds is 5. The molecule has 148 valence electrons. The first-order chi connectivity index (χ1) is 13.8. The highest BCUT2D eigenvalue weighted by atomic mass is 19.2. The minimum Gasteiger partial charge on any atom is -0.449 e. The molecule has 0 saturated heterocycles. The average Bonchev–Trinajstić information content (AvgIpc) is 3.31. The topological polar surface area (TPSA) is 97.3 Å². The van der Waals surface area contributed by atoms with Crippen LogP contribution in [0.3, 0.4) is 0 Å². The van der Waals surface area contributed by atoms with Crippen LogP contribution in [0.25, 0.3) is 5.88 Å². The van der Waals surface area contributed by atoms with Gasteiger partial charge in [-0.25, -0.2) is 13.6 Å². The predicted molar refractivity (Wildman–Crippen MR) is 97.4 cm³/mol. The molecule has 2 heterocycles. The molecule has 1 aromatic carbocycles. The smallest absolute Gasteiger partial charge is 0.343 e. The lowest BCUT2D eigenvalue weighted by molar-refractivity contribution is -0.123. The van der Waals surface area contributed by atoms with Gasteiger partial charge in [-0.2, -0.15) is 5.26 Å². The molecule has 0 bridgehead atoms. The number of amides is 1. The molecular formula is C20H15F2N3O4. The summed E-state index contributed by atoms with van der Waals surface area (Å²) >= 11 is 0. The maximum atomic E-state index is 13.3. The third-order valence-electron chi connectivity index (χ3n) is 4.06. The van der Waals surface area contributed by atoms with Crippen molar-refractivity contribution in [1.82, 2.24) is 4.57 Å². The van der Waals surface area contributed by atoms with Crippen molar-refractivity contribution in [2.45, 2.75) is 20.0 Å². The normalized spacial score (nSPS) is 11.6. The number of hydrogen-bond acceptors (Lipinski definition) is 5. The van der Waals surface area contributed by atoms with E-state index in [9.17, 15) is 23.6 Å². The number of carbonyl (C=O) groups is 2. The van der Waals surface area contributed by atoms with Crippen LogP contribution >= 0.6 is 0 Å². The van der Waals surface area contributed by atoms with Crippen molar-refractivity contribution in [3.05, 3.63) is 71.2 Å². The van der Waals surface area contributed by atoms with Gasteiger partial charge in [0.05, 0.1) is 0 Å². The maximum absolute atomic E-state index is 13.3. The Morgan fingerprint density at radius 3 is 2.55 bits per heavy atom. The first-order valence-corrected chi connectivity index (χ1v) is 8.45. The van der Waals surface area contributed by atoms with Gasteiger partial charge in [-0.15, -0.1) is 0 Å². The standard InChI is InChI=1S/C20H15F2N3O4/c1-11-17(14(10-23)19(28-11)25-7-3-4-8-25)20(27)29-12(2)18(26)24-13-5-6-15(21)16(22)9-13/h3-9,12H,1-2H3,(H,24,26)/t12-/m1/s1. The first-order valence-electron chi connectivity index (χ1n) is 8.45. The largest absolute Gasteiger partial charge is 0.449 e. The molecule has 2 aromatic heterocycles. The maximum Gasteiger partial charge on any atom is 0.343 e. The zero-order valence-corrected chi connectivity index (χ0v) is 15.4. The second-order valence-electron chi connectivity index (χ2n) is 6.08. The SMILES string of the molecule is Cc1oc(-n2cccc2)c(C#N)c1C(=O)O[C@H](C)C(=O)Nc1ccc(F)c(F)c1. The summed E-state index contributed by atoms with van der Waals surface area (Å²) in [5, 5.41) is 11.8. The van der Waals surface area contributed by atoms with Crippen LogP contribution in [0.1, 0.15) is 28.6 Å². The van der Waals surface area contributed by atoms with E-state index in [2.05, 4.69) is 5.32 Å². The van der Waals surface area contributed by atoms with Crippen LogP contribution in [0.2, 0.25) is 0 Å². The molecule has 1 N–H and O–H groups in total. The number of nitrogens with one attached hydrogen (secondary N) is 1. The Labute approximate surface area is 164 Å². The highest BCUT2D eigenvalue weighted by Crippen LogP contribution is 2.26. The Bertz CT molecular complexity index is 1110. The number of anilines is 1. The summed E-state index contributed by atoms with van der Waals surface area (Å²) in [6.45, 7) is 2.80. The zero-order valence-electron chi connectivity index (χ0n) is 15.4. The van der Waals surface area contributed by atoms with E-state index in [1.807, 2.05) is 6.07 Å². The van der Waals surface area contributed by atoms with E-state index in [4.69, 9.17) is 9.15 Å². The summed E-state index contributed by atoms with van der Waals surface area (Å²) in [4.78, 5) is 24.8. The van der Waals surface area contributed by atoms with Gasteiger partial charge in [-0.1, -0.05) is 0 Å². The Morgan fingerprint density at radius 2 is 1.93 bits per heavy atom. The highest BCUT2D eigenvalue weighted by molar-refractivity contribution is 5.99. The fourth-order valence-corrected chi connectivity index (χ4v) is 2.62. The van der Waals surface area contributed by atoms with E-state index < -0.39 is 29.6 Å². The van der Waals surface area contributed by atoms with Gasteiger partial charge in [0, 0.05) is 24.1 Å². The Morgan fingerprint density at radius 1 is 1.24 bits per heavy atom. The third kappa shape index (κ3) is 4.01. The predicted octanol–water partition coefficient (Wildman–Crippen LogP) is 3.71. The number of halogens is 2. The van der Waals surface area contributed by atoms with Gasteiger partial charge in [-0.3, -0.25) is 9.36 Å². The second-order valence-corrected chi connectivity index (χ2v) is 6.08. The highest BCUT2D eigenvalue weighted by Gasteiger charge is 2.28. The van der Waals surface area contributed by atoms with E-state index >= 15 is 0 Å². The summed E-state index contributed by atoms with van der Waals surface area (Å²) in [7, 11) is 0. The summed E-state index contributed by atoms with van der Waals surface area (Å²) in [5.41, 5.74) is -0.121. The molecule has 1 amide bonds. The van der Waals surface area contributed by atoms with Crippen LogP contribution in [0.15, 0.2) is 47.1 Å². The van der Waals surface area contributed by atoms with Crippen molar-refractivity contribution in [1.29, 1.82) is 5.26 Å². The van der Waals surface area contributed by atoms with E-state index in [1.54, 1.807) is 24.5 Å². The van der Waals surface area contributed by atoms with Crippen LogP contribution in [-0.2, 0) is 9.53 Å². The van der Waals surface area contributed by atoms with Gasteiger partial charge in [0.25, 0.3) is 5.91 Å². The van der Waals surface area contributed by atoms with Crippen LogP contribution in [0, 0.1) is 29.9 Å². The molecule has 0 radical (unpaired) electrons. The quantitative estimate of drug-likeness (QED) is 0.660. The summed E-state index contributed by atoms with van der Waals surface area (Å²) < 4.78 is 38.4. The van der Waals surface area contributed by atoms with Gasteiger partial charge in [0.15, 0.2) is 17.7 Å². The summed E-state index contributed by atoms with van der Waals surface area (Å²) in [6, 6.07) is 8.20. The Hall–Kier alpha value is -3.93. The van der Waals surface area contributed by atoms with Crippen molar-refractivity contribution in [2.24, 2.45) is 0 Å². The van der Waals surface area contributed by atoms with Crippen molar-refractivity contribution in [2.75, 3.05) is 5.32 Å². The molecule has 0 spiro atoms. The molecule has 7 nitrogen and oxygen atoms in total. The fraction of sp³-hybridized carbons (Fsp3) is 0.150. The van der Waals surface area contributed by atoms with E-state index in [0.717, 1.165) is 12.1 Å². The van der Waals surface area contributed by atoms with E-state index in [1.165, 1.54) is 24.5 Å². The van der Waals surface area contributed by atoms with Crippen molar-refractivity contribution < 1.29 is 27.5 Å². The van der Waals surface area contributed by atoms with Crippen LogP contribution < -0.4 is 5.32 Å². The van der Waals surface area contributed by atoms with Crippen molar-refractivity contribution in [3.63, 3.8) is 0 Å². The number of benzene rings is 1. The molecule has 0 aliphatic heterocycles. The minimum atomic E-state index is -1.27. The lowest BCUT2D eigenvalue weighted by atomic mass is 10.1. The molecule has 0 saturated carbocycles. The number of ether oxygens (including phenoxy) is 1. The van der Waals surface area contributed by atoms with Crippen molar-refractivity contribution in [3.8, 4) is 12.0 Å². The number of hydrogen-bond donors (Lipinski definition) is 1. The minimum absolute atomic E-state index is 0.00361. The third-order valence-corrected chi connectivity index (χ3v) is 4.06. The molecule has 0 fully saturated rings. The molecule has 1 atom stereocenters. The number of furan rings is 1. The number of esters is 1. The van der Waals surface area contributed by atoms with Gasteiger partial charge >= 0.3 is 5.97 Å². The van der Waals surface area contributed by atoms with Crippen LogP contribution in [0.4, 0.5) is 14.5 Å². The average molecular weight is 399 g/mol. The first kappa shape index (κ1) is 19.8. The van der Waals surface area contributed by atoms with Gasteiger partial charge < -0.3 is 14.5 Å². The molecule has 3 aromatic rings. The lowest BCUT2D eigenvalue weighted by Crippen LogP contribution is -2.30. The number of aromatic nitrogens is 1. The van der Waals surface area contributed by atoms with Gasteiger partial charge in [0.1, 0.15) is 23.0 Å². The van der Waals surface area contributed by atoms with Gasteiger partial charge in [-0.05, 0) is 38.1 Å². The summed E-state index contributed by atoms with van der Waals surface area (Å²) in [6.07, 6.45) is 2.02. The molecule has 9 heteroatoms. The number of nitrogens with zero attached hydrogens (tertiary/aromatic N) is 2. The number of nitriles is 1. The molecular weight excluding hydrogens is 384 g/mol. The van der Waals surface area contributed by atoms with Crippen molar-refractivity contribution >= 4 is 17.6 Å². The summed E-state index contributed by atoms with van der Waals surface area (Å²) in [5.74, 6) is -3.55. The number of carbonyl (C=O) groups excluding carboxylic acids is 2. The number of aryl methyl sites for hydroxylation is 1. The van der Waals surface area contributed by atoms with E-state index in [-0.39, 0.29) is 28.5 Å². The Kier molecular flexibility index (Phi) is 5.45. The monoisotopic (exact) mass is 399 g/mol. The Balaban J connectivity index is 1.77. The second kappa shape index (κ2) is 7.98. The molecule has 0 unspecified atom stereocenters. The molecule has 0 aliphatic carbocycles. The van der Waals surface area contributed by atoms with Gasteiger partial charge in [0.2, 0.25) is 5.88 Å². The lowest BCUT2D eigenvalue weighted by Gasteiger charge is -2.13. The molecule has 3 rings (SSSR count). The zero-order chi connectivity index (χ0) is 21.1. The van der Waals surface area contributed by atoms with E-state index in [0.29, 0.717) is 0 Å². The van der Waals surface area contributed by atoms with Crippen LogP contribution in [0.5, 0.6) is 0 Å².